The zero-order chi connectivity index (χ0) is 48.9. The highest BCUT2D eigenvalue weighted by molar-refractivity contribution is 14.3. The molecule has 0 aliphatic carbocycles. The van der Waals surface area contributed by atoms with Crippen molar-refractivity contribution in [2.75, 3.05) is 60.2 Å². The summed E-state index contributed by atoms with van der Waals surface area (Å²) in [6, 6.07) is 7.53. The van der Waals surface area contributed by atoms with Crippen LogP contribution in [0.4, 0.5) is 9.59 Å². The van der Waals surface area contributed by atoms with Crippen LogP contribution in [0.2, 0.25) is 0 Å². The maximum absolute atomic E-state index is 12.9. The van der Waals surface area contributed by atoms with Gasteiger partial charge >= 0.3 is 12.2 Å². The maximum atomic E-state index is 12.9. The Bertz CT molecular complexity index is 1950. The topological polar surface area (TPSA) is 137 Å². The van der Waals surface area contributed by atoms with Gasteiger partial charge in [0.25, 0.3) is 11.8 Å². The van der Waals surface area contributed by atoms with Crippen molar-refractivity contribution < 1.29 is 47.6 Å². The highest BCUT2D eigenvalue weighted by atomic mass is 127. The number of piperidine rings is 2. The van der Waals surface area contributed by atoms with E-state index >= 15 is 0 Å². The number of hydrogen-bond donors (Lipinski definition) is 0. The summed E-state index contributed by atoms with van der Waals surface area (Å²) >= 11 is 13.6. The summed E-state index contributed by atoms with van der Waals surface area (Å²) in [5.41, 5.74) is 2.54. The van der Waals surface area contributed by atoms with Crippen molar-refractivity contribution in [3.05, 3.63) is 46.5 Å². The fraction of sp³-hybridized carbons (Fsp3) is 0.660. The molecule has 0 saturated carbocycles. The number of benzene rings is 2. The van der Waals surface area contributed by atoms with Gasteiger partial charge in [0.1, 0.15) is 11.1 Å². The Morgan fingerprint density at radius 1 is 0.672 bits per heavy atom. The van der Waals surface area contributed by atoms with Crippen LogP contribution in [0.15, 0.2) is 24.3 Å². The minimum absolute atomic E-state index is 0. The monoisotopic (exact) mass is 1610 g/mol. The number of carbonyl (C=O) groups is 4. The minimum atomic E-state index is -0.467. The van der Waals surface area contributed by atoms with Crippen LogP contribution in [-0.2, 0) is 16.0 Å². The van der Waals surface area contributed by atoms with Crippen LogP contribution in [0.3, 0.4) is 0 Å². The van der Waals surface area contributed by atoms with Crippen molar-refractivity contribution in [2.45, 2.75) is 118 Å². The number of fused-ring (bicyclic) bond motifs is 4. The number of likely N-dealkylation sites (tertiary alicyclic amines) is 2. The van der Waals surface area contributed by atoms with Crippen LogP contribution in [0, 0.1) is 11.8 Å². The van der Waals surface area contributed by atoms with Crippen molar-refractivity contribution in [3.8, 4) is 23.0 Å². The van der Waals surface area contributed by atoms with Gasteiger partial charge in [0.05, 0.1) is 8.48 Å². The highest BCUT2D eigenvalue weighted by Gasteiger charge is 2.37. The van der Waals surface area contributed by atoms with Gasteiger partial charge in [0, 0.05) is 56.9 Å². The summed E-state index contributed by atoms with van der Waals surface area (Å²) in [5, 5.41) is 0. The third kappa shape index (κ3) is 18.5. The van der Waals surface area contributed by atoms with E-state index in [-0.39, 0.29) is 51.1 Å². The molecule has 6 aliphatic rings. The highest BCUT2D eigenvalue weighted by Crippen LogP contribution is 2.43. The van der Waals surface area contributed by atoms with Crippen LogP contribution < -0.4 is 18.9 Å². The molecule has 1 unspecified atom stereocenters. The van der Waals surface area contributed by atoms with E-state index in [0.717, 1.165) is 98.4 Å². The van der Waals surface area contributed by atoms with E-state index in [1.807, 2.05) is 74.5 Å². The second kappa shape index (κ2) is 28.7. The molecule has 0 radical (unpaired) electrons. The number of halogens is 6. The summed E-state index contributed by atoms with van der Waals surface area (Å²) in [5.74, 6) is 3.92. The summed E-state index contributed by atoms with van der Waals surface area (Å²) in [6.45, 7) is 18.8. The average Bonchev–Trinajstić information content (AvgIpc) is 4.03. The van der Waals surface area contributed by atoms with Gasteiger partial charge in [0.2, 0.25) is 13.6 Å². The van der Waals surface area contributed by atoms with E-state index in [4.69, 9.17) is 28.4 Å². The molecule has 0 bridgehead atoms. The van der Waals surface area contributed by atoms with Gasteiger partial charge in [-0.25, -0.2) is 9.59 Å². The summed E-state index contributed by atoms with van der Waals surface area (Å²) in [4.78, 5) is 59.4. The molecule has 0 spiro atoms. The van der Waals surface area contributed by atoms with Crippen LogP contribution >= 0.6 is 136 Å². The van der Waals surface area contributed by atoms with E-state index in [0.29, 0.717) is 43.0 Å². The summed E-state index contributed by atoms with van der Waals surface area (Å²) in [6.07, 6.45) is 5.22. The van der Waals surface area contributed by atoms with Gasteiger partial charge in [-0.3, -0.25) is 9.59 Å². The number of rotatable bonds is 6. The zero-order valence-corrected chi connectivity index (χ0v) is 52.0. The van der Waals surface area contributed by atoms with Crippen LogP contribution in [-0.4, -0.2) is 115 Å². The van der Waals surface area contributed by atoms with Gasteiger partial charge in [-0.05, 0) is 139 Å². The first-order valence-corrected chi connectivity index (χ1v) is 31.0. The first-order valence-electron chi connectivity index (χ1n) is 22.0. The van der Waals surface area contributed by atoms with Gasteiger partial charge in [-0.1, -0.05) is 143 Å². The minimum Gasteiger partial charge on any atom is -0.454 e. The largest absolute Gasteiger partial charge is 0.454 e. The van der Waals surface area contributed by atoms with Crippen molar-refractivity contribution in [1.29, 1.82) is 0 Å². The smallest absolute Gasteiger partial charge is 0.410 e. The molecular weight excluding hydrogens is 1540 g/mol. The second-order valence-corrected chi connectivity index (χ2v) is 33.6. The number of alkyl halides is 6. The lowest BCUT2D eigenvalue weighted by Crippen LogP contribution is -2.42. The van der Waals surface area contributed by atoms with Crippen LogP contribution in [0.1, 0.15) is 132 Å². The summed E-state index contributed by atoms with van der Waals surface area (Å²) < 4.78 is 34.5. The third-order valence-electron chi connectivity index (χ3n) is 11.5. The Labute approximate surface area is 480 Å². The fourth-order valence-corrected chi connectivity index (χ4v) is 8.35. The Kier molecular flexibility index (Phi) is 26.0. The Morgan fingerprint density at radius 3 is 1.49 bits per heavy atom. The maximum Gasteiger partial charge on any atom is 0.410 e. The molecule has 2 aromatic rings. The van der Waals surface area contributed by atoms with Gasteiger partial charge in [-0.2, -0.15) is 0 Å². The SMILES string of the molecule is C.CC(C)(C)OC(=O)N1CCC(CCN2Cc3cc4c(cc3C2=O)OCO4)CC1.CC1c2cc3c(cc2C(=O)N1CCC1CCN(C(=O)OC(C)(C)C)CC1)OCO3.CI.IC(I)I.ICI. The molecule has 14 nitrogen and oxygen atoms in total. The number of ether oxygens (including phenoxy) is 6. The Hall–Kier alpha value is -0.500. The van der Waals surface area contributed by atoms with E-state index in [2.05, 4.69) is 142 Å². The lowest BCUT2D eigenvalue weighted by Gasteiger charge is -2.34. The molecule has 67 heavy (non-hydrogen) atoms. The van der Waals surface area contributed by atoms with E-state index in [1.54, 1.807) is 15.9 Å². The number of carbonyl (C=O) groups excluding carboxylic acids is 4. The first-order chi connectivity index (χ1) is 31.2. The van der Waals surface area contributed by atoms with E-state index in [9.17, 15) is 19.2 Å². The molecule has 2 saturated heterocycles. The molecule has 20 heteroatoms. The van der Waals surface area contributed by atoms with E-state index < -0.39 is 11.2 Å². The van der Waals surface area contributed by atoms with Crippen LogP contribution in [0.25, 0.3) is 0 Å². The van der Waals surface area contributed by atoms with Crippen molar-refractivity contribution in [3.63, 3.8) is 0 Å². The molecule has 6 aliphatic heterocycles. The van der Waals surface area contributed by atoms with Crippen molar-refractivity contribution >= 4 is 160 Å². The standard InChI is InChI=1S/C22H30N2O5.C21H28N2O5.CHI3.CH2I2.CH3I.CH4/c1-14-16-11-18-19(28-13-27-18)12-17(16)20(25)24(14)10-7-15-5-8-23(9-6-15)21(26)29-22(2,3)4;1-21(2,3)28-20(25)22-7-4-14(5-8-22)6-9-23-12-15-10-17-18(27-13-26-17)11-16(15)19(23)24;2-1(3)4;2-1-3;1-2;/h11-12,14-15H,5-10,13H2,1-4H3;10-11,14H,4-9,12-13H2,1-3H3;1H;1H2;1H3;1H4. The Morgan fingerprint density at radius 2 is 1.06 bits per heavy atom. The molecule has 0 N–H and O–H groups in total. The Balaban J connectivity index is 0.000000299. The normalized spacial score (nSPS) is 18.2. The second-order valence-electron chi connectivity index (χ2n) is 18.3. The molecule has 378 valence electrons. The first kappa shape index (κ1) is 60.8. The lowest BCUT2D eigenvalue weighted by atomic mass is 9.93. The van der Waals surface area contributed by atoms with Crippen LogP contribution in [0.5, 0.6) is 23.0 Å². The average molecular weight is 1610 g/mol. The molecule has 2 aromatic carbocycles. The lowest BCUT2D eigenvalue weighted by molar-refractivity contribution is 0.0167. The van der Waals surface area contributed by atoms with Crippen molar-refractivity contribution in [2.24, 2.45) is 11.8 Å². The molecule has 8 rings (SSSR count). The molecule has 4 amide bonds. The number of amides is 4. The molecular formula is C47H68I6N4O10. The quantitative estimate of drug-likeness (QED) is 0.203. The number of hydrogen-bond acceptors (Lipinski definition) is 10. The third-order valence-corrected chi connectivity index (χ3v) is 11.5. The van der Waals surface area contributed by atoms with Gasteiger partial charge in [0.15, 0.2) is 23.0 Å². The molecule has 1 atom stereocenters. The zero-order valence-electron chi connectivity index (χ0n) is 39.1. The van der Waals surface area contributed by atoms with Gasteiger partial charge in [-0.15, -0.1) is 0 Å². The fourth-order valence-electron chi connectivity index (χ4n) is 8.35. The van der Waals surface area contributed by atoms with Crippen molar-refractivity contribution in [1.82, 2.24) is 19.6 Å². The van der Waals surface area contributed by atoms with Gasteiger partial charge < -0.3 is 48.0 Å². The molecule has 2 fully saturated rings. The predicted octanol–water partition coefficient (Wildman–Crippen LogP) is 13.5. The molecule has 0 aromatic heterocycles. The number of nitrogens with zero attached hydrogens (tertiary/aromatic N) is 4. The van der Waals surface area contributed by atoms with E-state index in [1.165, 1.54) is 2.43 Å². The molecule has 6 heterocycles. The predicted molar refractivity (Wildman–Crippen MR) is 315 cm³/mol. The summed E-state index contributed by atoms with van der Waals surface area (Å²) in [7, 11) is 0.